The molecular formula is C10H8BrNO4. The molecule has 1 N–H and O–H groups in total. The van der Waals surface area contributed by atoms with E-state index in [-0.39, 0.29) is 6.42 Å². The summed E-state index contributed by atoms with van der Waals surface area (Å²) in [6.45, 7) is 0. The van der Waals surface area contributed by atoms with E-state index in [9.17, 15) is 14.9 Å². The Hall–Kier alpha value is -1.43. The Morgan fingerprint density at radius 1 is 1.50 bits per heavy atom. The Kier molecular flexibility index (Phi) is 2.46. The molecule has 0 unspecified atom stereocenters. The van der Waals surface area contributed by atoms with Gasteiger partial charge in [0.2, 0.25) is 0 Å². The first kappa shape index (κ1) is 11.1. The lowest BCUT2D eigenvalue weighted by Gasteiger charge is -2.04. The van der Waals surface area contributed by atoms with E-state index in [2.05, 4.69) is 15.9 Å². The van der Waals surface area contributed by atoms with Crippen LogP contribution in [0.1, 0.15) is 17.9 Å². The molecule has 1 saturated carbocycles. The van der Waals surface area contributed by atoms with E-state index in [0.717, 1.165) is 4.47 Å². The summed E-state index contributed by atoms with van der Waals surface area (Å²) >= 11 is 3.25. The minimum absolute atomic E-state index is 0.0664. The lowest BCUT2D eigenvalue weighted by molar-refractivity contribution is -0.526. The molecular weight excluding hydrogens is 278 g/mol. The van der Waals surface area contributed by atoms with Gasteiger partial charge in [-0.1, -0.05) is 28.1 Å². The second-order valence-electron chi connectivity index (χ2n) is 3.79. The molecule has 1 aliphatic rings. The molecule has 2 atom stereocenters. The molecule has 0 aromatic heterocycles. The van der Waals surface area contributed by atoms with E-state index < -0.39 is 22.3 Å². The number of carboxylic acid groups (broad SMARTS) is 1. The minimum atomic E-state index is -1.81. The van der Waals surface area contributed by atoms with Crippen molar-refractivity contribution in [2.75, 3.05) is 0 Å². The fourth-order valence-electron chi connectivity index (χ4n) is 1.86. The maximum Gasteiger partial charge on any atom is 0.383 e. The number of nitrogens with zero attached hydrogens (tertiary/aromatic N) is 1. The molecule has 1 fully saturated rings. The number of benzene rings is 1. The molecule has 84 valence electrons. The number of halogens is 1. The summed E-state index contributed by atoms with van der Waals surface area (Å²) in [5.41, 5.74) is -1.12. The van der Waals surface area contributed by atoms with E-state index in [4.69, 9.17) is 5.11 Å². The van der Waals surface area contributed by atoms with Gasteiger partial charge in [0.25, 0.3) is 0 Å². The third-order valence-electron chi connectivity index (χ3n) is 2.90. The van der Waals surface area contributed by atoms with Crippen LogP contribution in [0.15, 0.2) is 28.7 Å². The molecule has 16 heavy (non-hydrogen) atoms. The largest absolute Gasteiger partial charge is 0.476 e. The zero-order valence-electron chi connectivity index (χ0n) is 8.09. The Morgan fingerprint density at radius 3 is 2.44 bits per heavy atom. The molecule has 5 nitrogen and oxygen atoms in total. The first-order valence-electron chi connectivity index (χ1n) is 4.62. The highest BCUT2D eigenvalue weighted by Crippen LogP contribution is 2.53. The van der Waals surface area contributed by atoms with E-state index in [1.165, 1.54) is 0 Å². The molecule has 1 aromatic carbocycles. The molecule has 0 amide bonds. The van der Waals surface area contributed by atoms with Gasteiger partial charge < -0.3 is 5.11 Å². The second-order valence-corrected chi connectivity index (χ2v) is 4.71. The molecule has 0 aliphatic heterocycles. The summed E-state index contributed by atoms with van der Waals surface area (Å²) < 4.78 is 0.860. The zero-order valence-corrected chi connectivity index (χ0v) is 9.68. The van der Waals surface area contributed by atoms with Crippen LogP contribution in [0.4, 0.5) is 0 Å². The van der Waals surface area contributed by atoms with Crippen LogP contribution < -0.4 is 0 Å². The monoisotopic (exact) mass is 285 g/mol. The van der Waals surface area contributed by atoms with Gasteiger partial charge in [0, 0.05) is 15.8 Å². The van der Waals surface area contributed by atoms with E-state index >= 15 is 0 Å². The predicted octanol–water partition coefficient (Wildman–Crippen LogP) is 2.04. The van der Waals surface area contributed by atoms with Gasteiger partial charge in [-0.3, -0.25) is 10.1 Å². The predicted molar refractivity (Wildman–Crippen MR) is 58.9 cm³/mol. The summed E-state index contributed by atoms with van der Waals surface area (Å²) in [5.74, 6) is -1.88. The van der Waals surface area contributed by atoms with Crippen molar-refractivity contribution in [3.05, 3.63) is 44.4 Å². The van der Waals surface area contributed by atoms with Gasteiger partial charge in [-0.05, 0) is 17.7 Å². The molecule has 1 aliphatic carbocycles. The third kappa shape index (κ3) is 1.49. The molecule has 0 heterocycles. The van der Waals surface area contributed by atoms with Crippen molar-refractivity contribution in [1.29, 1.82) is 0 Å². The number of aliphatic carboxylic acids is 1. The zero-order chi connectivity index (χ0) is 11.9. The molecule has 1 aromatic rings. The van der Waals surface area contributed by atoms with E-state index in [1.54, 1.807) is 24.3 Å². The van der Waals surface area contributed by atoms with Crippen LogP contribution >= 0.6 is 15.9 Å². The summed E-state index contributed by atoms with van der Waals surface area (Å²) in [4.78, 5) is 21.0. The van der Waals surface area contributed by atoms with Gasteiger partial charge in [-0.25, -0.2) is 4.79 Å². The van der Waals surface area contributed by atoms with Crippen molar-refractivity contribution in [3.8, 4) is 0 Å². The van der Waals surface area contributed by atoms with Crippen molar-refractivity contribution in [2.24, 2.45) is 0 Å². The first-order chi connectivity index (χ1) is 7.48. The van der Waals surface area contributed by atoms with Crippen molar-refractivity contribution >= 4 is 21.9 Å². The van der Waals surface area contributed by atoms with Gasteiger partial charge in [0.15, 0.2) is 0 Å². The molecule has 2 rings (SSSR count). The number of nitro groups is 1. The van der Waals surface area contributed by atoms with Gasteiger partial charge >= 0.3 is 11.5 Å². The van der Waals surface area contributed by atoms with Crippen LogP contribution in [0.5, 0.6) is 0 Å². The number of hydrogen-bond donors (Lipinski definition) is 1. The molecule has 0 spiro atoms. The summed E-state index contributed by atoms with van der Waals surface area (Å²) in [6, 6.07) is 6.92. The van der Waals surface area contributed by atoms with Crippen LogP contribution in [0.25, 0.3) is 0 Å². The van der Waals surface area contributed by atoms with E-state index in [0.29, 0.717) is 5.56 Å². The molecule has 0 saturated heterocycles. The SMILES string of the molecule is O=C(O)[C@]1([N+](=O)[O-])C[C@@H]1c1ccc(Br)cc1. The van der Waals surface area contributed by atoms with Crippen molar-refractivity contribution < 1.29 is 14.8 Å². The summed E-state index contributed by atoms with van der Waals surface area (Å²) in [5, 5.41) is 19.7. The van der Waals surface area contributed by atoms with Crippen LogP contribution in [-0.4, -0.2) is 21.5 Å². The van der Waals surface area contributed by atoms with Crippen LogP contribution in [0.3, 0.4) is 0 Å². The highest BCUT2D eigenvalue weighted by molar-refractivity contribution is 9.10. The Morgan fingerprint density at radius 2 is 2.06 bits per heavy atom. The van der Waals surface area contributed by atoms with Gasteiger partial charge in [0.1, 0.15) is 0 Å². The first-order valence-corrected chi connectivity index (χ1v) is 5.41. The standard InChI is InChI=1S/C10H8BrNO4/c11-7-3-1-6(2-4-7)8-5-10(8,9(13)14)12(15)16/h1-4,8H,5H2,(H,13,14)/t8-,10+/m1/s1. The second kappa shape index (κ2) is 3.55. The average Bonchev–Trinajstić information content (AvgIpc) is 2.95. The lowest BCUT2D eigenvalue weighted by Crippen LogP contribution is -2.33. The minimum Gasteiger partial charge on any atom is -0.476 e. The van der Waals surface area contributed by atoms with Crippen LogP contribution in [0, 0.1) is 10.1 Å². The fraction of sp³-hybridized carbons (Fsp3) is 0.300. The van der Waals surface area contributed by atoms with Gasteiger partial charge in [-0.2, -0.15) is 0 Å². The maximum absolute atomic E-state index is 10.9. The highest BCUT2D eigenvalue weighted by Gasteiger charge is 2.73. The Bertz CT molecular complexity index is 442. The molecule has 0 radical (unpaired) electrons. The van der Waals surface area contributed by atoms with E-state index in [1.807, 2.05) is 0 Å². The quantitative estimate of drug-likeness (QED) is 0.681. The normalized spacial score (nSPS) is 27.4. The Labute approximate surface area is 99.4 Å². The topological polar surface area (TPSA) is 80.4 Å². The Balaban J connectivity index is 2.30. The summed E-state index contributed by atoms with van der Waals surface area (Å²) in [7, 11) is 0. The van der Waals surface area contributed by atoms with Gasteiger partial charge in [0.05, 0.1) is 5.92 Å². The maximum atomic E-state index is 10.9. The average molecular weight is 286 g/mol. The van der Waals surface area contributed by atoms with Crippen molar-refractivity contribution in [1.82, 2.24) is 0 Å². The van der Waals surface area contributed by atoms with Crippen molar-refractivity contribution in [2.45, 2.75) is 17.9 Å². The van der Waals surface area contributed by atoms with Gasteiger partial charge in [-0.15, -0.1) is 0 Å². The number of rotatable bonds is 3. The fourth-order valence-corrected chi connectivity index (χ4v) is 2.12. The third-order valence-corrected chi connectivity index (χ3v) is 3.43. The molecule has 6 heteroatoms. The lowest BCUT2D eigenvalue weighted by atomic mass is 10.1. The van der Waals surface area contributed by atoms with Crippen LogP contribution in [-0.2, 0) is 4.79 Å². The van der Waals surface area contributed by atoms with Crippen molar-refractivity contribution in [3.63, 3.8) is 0 Å². The smallest absolute Gasteiger partial charge is 0.383 e. The number of carboxylic acids is 1. The number of carbonyl (C=O) groups is 1. The molecule has 0 bridgehead atoms. The number of hydrogen-bond acceptors (Lipinski definition) is 3. The van der Waals surface area contributed by atoms with Crippen LogP contribution in [0.2, 0.25) is 0 Å². The highest BCUT2D eigenvalue weighted by atomic mass is 79.9. The summed E-state index contributed by atoms with van der Waals surface area (Å²) in [6.07, 6.45) is 0.0664.